The van der Waals surface area contributed by atoms with Crippen LogP contribution in [0.25, 0.3) is 11.4 Å². The fourth-order valence-corrected chi connectivity index (χ4v) is 2.45. The standard InChI is InChI=1S/C17H17N5O/c1-11-21-17(22-23-11)14-4-2-12(3-5-14)9-18-16-8-15(13-6-7-13)19-10-20-16/h2-5,8,10,13H,6-7,9H2,1H3,(H,18,19,20). The summed E-state index contributed by atoms with van der Waals surface area (Å²) in [7, 11) is 0. The van der Waals surface area contributed by atoms with Crippen LogP contribution < -0.4 is 5.32 Å². The van der Waals surface area contributed by atoms with E-state index in [0.29, 0.717) is 24.2 Å². The minimum absolute atomic E-state index is 0.570. The van der Waals surface area contributed by atoms with Crippen LogP contribution in [0.2, 0.25) is 0 Å². The summed E-state index contributed by atoms with van der Waals surface area (Å²) in [6, 6.07) is 10.1. The SMILES string of the molecule is Cc1nc(-c2ccc(CNc3cc(C4CC4)ncn3)cc2)no1. The van der Waals surface area contributed by atoms with E-state index < -0.39 is 0 Å². The van der Waals surface area contributed by atoms with Crippen molar-refractivity contribution >= 4 is 5.82 Å². The maximum absolute atomic E-state index is 5.00. The largest absolute Gasteiger partial charge is 0.366 e. The van der Waals surface area contributed by atoms with Crippen LogP contribution in [0.4, 0.5) is 5.82 Å². The van der Waals surface area contributed by atoms with Crippen molar-refractivity contribution in [1.82, 2.24) is 20.1 Å². The summed E-state index contributed by atoms with van der Waals surface area (Å²) >= 11 is 0. The number of hydrogen-bond acceptors (Lipinski definition) is 6. The van der Waals surface area contributed by atoms with Gasteiger partial charge < -0.3 is 9.84 Å². The van der Waals surface area contributed by atoms with E-state index in [1.54, 1.807) is 13.3 Å². The Kier molecular flexibility index (Phi) is 3.49. The van der Waals surface area contributed by atoms with Crippen molar-refractivity contribution < 1.29 is 4.52 Å². The van der Waals surface area contributed by atoms with Gasteiger partial charge in [-0.05, 0) is 18.4 Å². The third kappa shape index (κ3) is 3.21. The molecule has 1 aromatic carbocycles. The zero-order chi connectivity index (χ0) is 15.6. The minimum Gasteiger partial charge on any atom is -0.366 e. The second-order valence-corrected chi connectivity index (χ2v) is 5.79. The number of aromatic nitrogens is 4. The average Bonchev–Trinajstić information content (AvgIpc) is 3.35. The molecule has 1 N–H and O–H groups in total. The van der Waals surface area contributed by atoms with Gasteiger partial charge in [-0.1, -0.05) is 29.4 Å². The molecule has 0 aliphatic heterocycles. The van der Waals surface area contributed by atoms with E-state index in [0.717, 1.165) is 17.1 Å². The Bertz CT molecular complexity index is 808. The lowest BCUT2D eigenvalue weighted by molar-refractivity contribution is 0.394. The summed E-state index contributed by atoms with van der Waals surface area (Å²) in [5, 5.41) is 7.27. The normalized spacial score (nSPS) is 14.0. The lowest BCUT2D eigenvalue weighted by Crippen LogP contribution is -2.02. The van der Waals surface area contributed by atoms with Crippen molar-refractivity contribution in [3.8, 4) is 11.4 Å². The third-order valence-electron chi connectivity index (χ3n) is 3.90. The van der Waals surface area contributed by atoms with E-state index in [-0.39, 0.29) is 0 Å². The molecule has 0 saturated heterocycles. The van der Waals surface area contributed by atoms with Crippen LogP contribution >= 0.6 is 0 Å². The molecule has 1 saturated carbocycles. The first kappa shape index (κ1) is 13.9. The first-order valence-corrected chi connectivity index (χ1v) is 7.73. The van der Waals surface area contributed by atoms with E-state index in [1.807, 2.05) is 18.2 Å². The van der Waals surface area contributed by atoms with E-state index in [1.165, 1.54) is 18.4 Å². The van der Waals surface area contributed by atoms with Crippen LogP contribution in [0.1, 0.15) is 35.9 Å². The number of nitrogens with one attached hydrogen (secondary N) is 1. The minimum atomic E-state index is 0.570. The lowest BCUT2D eigenvalue weighted by atomic mass is 10.1. The van der Waals surface area contributed by atoms with E-state index >= 15 is 0 Å². The Balaban J connectivity index is 1.42. The quantitative estimate of drug-likeness (QED) is 0.779. The van der Waals surface area contributed by atoms with Crippen LogP contribution in [0.15, 0.2) is 41.2 Å². The molecule has 0 amide bonds. The van der Waals surface area contributed by atoms with Crippen molar-refractivity contribution in [3.63, 3.8) is 0 Å². The molecule has 6 nitrogen and oxygen atoms in total. The molecular formula is C17H17N5O. The van der Waals surface area contributed by atoms with E-state index in [4.69, 9.17) is 4.52 Å². The van der Waals surface area contributed by atoms with Gasteiger partial charge in [0.15, 0.2) is 0 Å². The molecule has 1 fully saturated rings. The first-order chi connectivity index (χ1) is 11.3. The molecular weight excluding hydrogens is 290 g/mol. The highest BCUT2D eigenvalue weighted by molar-refractivity contribution is 5.54. The summed E-state index contributed by atoms with van der Waals surface area (Å²) in [6.07, 6.45) is 4.12. The molecule has 2 heterocycles. The van der Waals surface area contributed by atoms with Gasteiger partial charge in [0, 0.05) is 36.7 Å². The molecule has 1 aliphatic carbocycles. The topological polar surface area (TPSA) is 76.7 Å². The van der Waals surface area contributed by atoms with Gasteiger partial charge in [-0.3, -0.25) is 0 Å². The predicted molar refractivity (Wildman–Crippen MR) is 85.8 cm³/mol. The molecule has 6 heteroatoms. The highest BCUT2D eigenvalue weighted by Gasteiger charge is 2.25. The summed E-state index contributed by atoms with van der Waals surface area (Å²) in [5.74, 6) is 2.70. The zero-order valence-electron chi connectivity index (χ0n) is 12.9. The lowest BCUT2D eigenvalue weighted by Gasteiger charge is -2.07. The zero-order valence-corrected chi connectivity index (χ0v) is 12.9. The number of hydrogen-bond donors (Lipinski definition) is 1. The van der Waals surface area contributed by atoms with E-state index in [9.17, 15) is 0 Å². The molecule has 0 radical (unpaired) electrons. The maximum Gasteiger partial charge on any atom is 0.223 e. The number of nitrogens with zero attached hydrogens (tertiary/aromatic N) is 4. The van der Waals surface area contributed by atoms with Crippen molar-refractivity contribution in [2.45, 2.75) is 32.2 Å². The summed E-state index contributed by atoms with van der Waals surface area (Å²) in [4.78, 5) is 12.8. The van der Waals surface area contributed by atoms with Crippen LogP contribution in [-0.2, 0) is 6.54 Å². The van der Waals surface area contributed by atoms with Gasteiger partial charge in [0.05, 0.1) is 0 Å². The van der Waals surface area contributed by atoms with Gasteiger partial charge >= 0.3 is 0 Å². The Morgan fingerprint density at radius 2 is 2.00 bits per heavy atom. The number of anilines is 1. The van der Waals surface area contributed by atoms with Gasteiger partial charge in [-0.2, -0.15) is 4.98 Å². The van der Waals surface area contributed by atoms with Gasteiger partial charge in [0.25, 0.3) is 0 Å². The second kappa shape index (κ2) is 5.79. The smallest absolute Gasteiger partial charge is 0.223 e. The molecule has 0 unspecified atom stereocenters. The van der Waals surface area contributed by atoms with Crippen LogP contribution in [0.5, 0.6) is 0 Å². The van der Waals surface area contributed by atoms with Crippen LogP contribution in [0.3, 0.4) is 0 Å². The number of aryl methyl sites for hydroxylation is 1. The molecule has 3 aromatic rings. The van der Waals surface area contributed by atoms with Crippen molar-refractivity contribution in [3.05, 3.63) is 53.8 Å². The summed E-state index contributed by atoms with van der Waals surface area (Å²) < 4.78 is 5.00. The Morgan fingerprint density at radius 3 is 2.70 bits per heavy atom. The predicted octanol–water partition coefficient (Wildman–Crippen LogP) is 3.32. The molecule has 2 aromatic heterocycles. The van der Waals surface area contributed by atoms with E-state index in [2.05, 4.69) is 37.6 Å². The van der Waals surface area contributed by atoms with Crippen molar-refractivity contribution in [1.29, 1.82) is 0 Å². The monoisotopic (exact) mass is 307 g/mol. The molecule has 0 atom stereocenters. The highest BCUT2D eigenvalue weighted by atomic mass is 16.5. The fraction of sp³-hybridized carbons (Fsp3) is 0.294. The van der Waals surface area contributed by atoms with Gasteiger partial charge in [-0.15, -0.1) is 0 Å². The molecule has 0 bridgehead atoms. The molecule has 116 valence electrons. The first-order valence-electron chi connectivity index (χ1n) is 7.73. The molecule has 1 aliphatic rings. The summed E-state index contributed by atoms with van der Waals surface area (Å²) in [5.41, 5.74) is 3.26. The molecule has 0 spiro atoms. The summed E-state index contributed by atoms with van der Waals surface area (Å²) in [6.45, 7) is 2.50. The second-order valence-electron chi connectivity index (χ2n) is 5.79. The Labute approximate surface area is 134 Å². The van der Waals surface area contributed by atoms with Crippen LogP contribution in [-0.4, -0.2) is 20.1 Å². The molecule has 23 heavy (non-hydrogen) atoms. The van der Waals surface area contributed by atoms with Crippen LogP contribution in [0, 0.1) is 6.92 Å². The Morgan fingerprint density at radius 1 is 1.17 bits per heavy atom. The molecule has 4 rings (SSSR count). The van der Waals surface area contributed by atoms with Gasteiger partial charge in [0.2, 0.25) is 11.7 Å². The Hall–Kier alpha value is -2.76. The number of rotatable bonds is 5. The third-order valence-corrected chi connectivity index (χ3v) is 3.90. The average molecular weight is 307 g/mol. The number of benzene rings is 1. The maximum atomic E-state index is 5.00. The fourth-order valence-electron chi connectivity index (χ4n) is 2.45. The van der Waals surface area contributed by atoms with Gasteiger partial charge in [-0.25, -0.2) is 9.97 Å². The van der Waals surface area contributed by atoms with Crippen molar-refractivity contribution in [2.75, 3.05) is 5.32 Å². The van der Waals surface area contributed by atoms with Crippen molar-refractivity contribution in [2.24, 2.45) is 0 Å². The highest BCUT2D eigenvalue weighted by Crippen LogP contribution is 2.39. The van der Waals surface area contributed by atoms with Gasteiger partial charge in [0.1, 0.15) is 12.1 Å².